The quantitative estimate of drug-likeness (QED) is 0.888. The lowest BCUT2D eigenvalue weighted by Gasteiger charge is -2.09. The number of rotatable bonds is 4. The molecule has 0 saturated carbocycles. The number of hydrogen-bond acceptors (Lipinski definition) is 5. The summed E-state index contributed by atoms with van der Waals surface area (Å²) in [5.74, 6) is -0.178. The molecule has 1 heterocycles. The van der Waals surface area contributed by atoms with E-state index in [9.17, 15) is 4.79 Å². The summed E-state index contributed by atoms with van der Waals surface area (Å²) in [7, 11) is 0. The van der Waals surface area contributed by atoms with Gasteiger partial charge in [-0.1, -0.05) is 23.5 Å². The number of nitrogens with zero attached hydrogens (tertiary/aromatic N) is 2. The normalized spacial score (nSPS) is 10.1. The number of benzene rings is 1. The molecule has 18 heavy (non-hydrogen) atoms. The molecule has 6 heteroatoms. The second kappa shape index (κ2) is 5.59. The van der Waals surface area contributed by atoms with Crippen molar-refractivity contribution in [2.45, 2.75) is 13.8 Å². The van der Waals surface area contributed by atoms with Crippen LogP contribution in [-0.2, 0) is 0 Å². The summed E-state index contributed by atoms with van der Waals surface area (Å²) < 4.78 is 0. The predicted octanol–water partition coefficient (Wildman–Crippen LogP) is 2.53. The first-order valence-electron chi connectivity index (χ1n) is 5.65. The van der Waals surface area contributed by atoms with Gasteiger partial charge in [-0.3, -0.25) is 10.1 Å². The summed E-state index contributed by atoms with van der Waals surface area (Å²) in [6.07, 6.45) is 0. The van der Waals surface area contributed by atoms with Gasteiger partial charge in [0, 0.05) is 12.2 Å². The van der Waals surface area contributed by atoms with Crippen LogP contribution in [0.5, 0.6) is 0 Å². The Morgan fingerprint density at radius 2 is 2.11 bits per heavy atom. The zero-order valence-electron chi connectivity index (χ0n) is 10.2. The fourth-order valence-corrected chi connectivity index (χ4v) is 2.12. The Balaban J connectivity index is 2.18. The van der Waals surface area contributed by atoms with Crippen molar-refractivity contribution in [1.29, 1.82) is 0 Å². The Morgan fingerprint density at radius 3 is 2.78 bits per heavy atom. The lowest BCUT2D eigenvalue weighted by atomic mass is 10.1. The number of para-hydroxylation sites is 1. The van der Waals surface area contributed by atoms with Crippen molar-refractivity contribution < 1.29 is 4.79 Å². The number of aryl methyl sites for hydroxylation is 1. The van der Waals surface area contributed by atoms with Crippen molar-refractivity contribution in [2.75, 3.05) is 17.2 Å². The molecule has 0 aliphatic carbocycles. The van der Waals surface area contributed by atoms with Gasteiger partial charge < -0.3 is 5.32 Å². The van der Waals surface area contributed by atoms with Crippen LogP contribution in [-0.4, -0.2) is 22.6 Å². The third-order valence-electron chi connectivity index (χ3n) is 2.29. The van der Waals surface area contributed by atoms with Gasteiger partial charge in [0.1, 0.15) is 5.01 Å². The van der Waals surface area contributed by atoms with Crippen molar-refractivity contribution in [3.05, 3.63) is 34.8 Å². The van der Waals surface area contributed by atoms with Crippen LogP contribution in [0.2, 0.25) is 0 Å². The van der Waals surface area contributed by atoms with Gasteiger partial charge in [0.2, 0.25) is 5.13 Å². The van der Waals surface area contributed by atoms with Crippen LogP contribution in [0.1, 0.15) is 22.3 Å². The minimum atomic E-state index is -0.178. The molecule has 0 aliphatic heterocycles. The molecular weight excluding hydrogens is 248 g/mol. The fourth-order valence-electron chi connectivity index (χ4n) is 1.54. The lowest BCUT2D eigenvalue weighted by Crippen LogP contribution is -2.14. The zero-order valence-corrected chi connectivity index (χ0v) is 11.0. The van der Waals surface area contributed by atoms with Gasteiger partial charge in [-0.2, -0.15) is 0 Å². The molecule has 0 radical (unpaired) electrons. The first-order valence-corrected chi connectivity index (χ1v) is 6.46. The van der Waals surface area contributed by atoms with Crippen LogP contribution < -0.4 is 10.6 Å². The molecule has 0 aliphatic rings. The second-order valence-electron chi connectivity index (χ2n) is 3.66. The molecule has 0 fully saturated rings. The molecule has 2 N–H and O–H groups in total. The highest BCUT2D eigenvalue weighted by Crippen LogP contribution is 2.19. The van der Waals surface area contributed by atoms with E-state index < -0.39 is 0 Å². The van der Waals surface area contributed by atoms with Gasteiger partial charge in [0.15, 0.2) is 0 Å². The summed E-state index contributed by atoms with van der Waals surface area (Å²) in [5, 5.41) is 15.0. The minimum absolute atomic E-state index is 0.178. The average Bonchev–Trinajstić information content (AvgIpc) is 2.76. The van der Waals surface area contributed by atoms with Gasteiger partial charge in [-0.05, 0) is 26.0 Å². The van der Waals surface area contributed by atoms with Crippen LogP contribution in [0.15, 0.2) is 24.3 Å². The van der Waals surface area contributed by atoms with E-state index in [0.29, 0.717) is 10.7 Å². The Labute approximate surface area is 109 Å². The van der Waals surface area contributed by atoms with E-state index in [0.717, 1.165) is 17.2 Å². The van der Waals surface area contributed by atoms with E-state index in [2.05, 4.69) is 20.8 Å². The molecule has 2 rings (SSSR count). The van der Waals surface area contributed by atoms with Crippen molar-refractivity contribution in [3.8, 4) is 0 Å². The van der Waals surface area contributed by atoms with Gasteiger partial charge in [0.25, 0.3) is 5.91 Å². The molecule has 94 valence electrons. The van der Waals surface area contributed by atoms with Crippen molar-refractivity contribution >= 4 is 28.1 Å². The summed E-state index contributed by atoms with van der Waals surface area (Å²) in [6, 6.07) is 7.38. The summed E-state index contributed by atoms with van der Waals surface area (Å²) >= 11 is 1.36. The summed E-state index contributed by atoms with van der Waals surface area (Å²) in [5.41, 5.74) is 1.42. The van der Waals surface area contributed by atoms with Crippen molar-refractivity contribution in [3.63, 3.8) is 0 Å². The molecular formula is C12H14N4OS. The molecule has 0 unspecified atom stereocenters. The molecule has 0 bridgehead atoms. The number of carbonyl (C=O) groups excluding carboxylic acids is 1. The molecule has 0 saturated heterocycles. The van der Waals surface area contributed by atoms with E-state index in [4.69, 9.17) is 0 Å². The molecule has 1 aromatic heterocycles. The zero-order chi connectivity index (χ0) is 13.0. The molecule has 1 aromatic carbocycles. The molecule has 2 aromatic rings. The minimum Gasteiger partial charge on any atom is -0.385 e. The standard InChI is InChI=1S/C12H14N4OS/c1-3-13-10-7-5-4-6-9(10)11(17)14-12-16-15-8(2)18-12/h4-7,13H,3H2,1-2H3,(H,14,16,17). The smallest absolute Gasteiger partial charge is 0.259 e. The van der Waals surface area contributed by atoms with E-state index >= 15 is 0 Å². The molecule has 5 nitrogen and oxygen atoms in total. The number of amides is 1. The Morgan fingerprint density at radius 1 is 1.33 bits per heavy atom. The maximum atomic E-state index is 12.1. The first-order chi connectivity index (χ1) is 8.70. The van der Waals surface area contributed by atoms with Crippen LogP contribution >= 0.6 is 11.3 Å². The monoisotopic (exact) mass is 262 g/mol. The third kappa shape index (κ3) is 2.84. The summed E-state index contributed by atoms with van der Waals surface area (Å²) in [4.78, 5) is 12.1. The maximum absolute atomic E-state index is 12.1. The van der Waals surface area contributed by atoms with Crippen LogP contribution in [0.25, 0.3) is 0 Å². The Hall–Kier alpha value is -1.95. The number of anilines is 2. The largest absolute Gasteiger partial charge is 0.385 e. The van der Waals surface area contributed by atoms with E-state index in [1.807, 2.05) is 32.0 Å². The number of hydrogen-bond donors (Lipinski definition) is 2. The molecule has 0 spiro atoms. The average molecular weight is 262 g/mol. The van der Waals surface area contributed by atoms with E-state index in [1.54, 1.807) is 6.07 Å². The fraction of sp³-hybridized carbons (Fsp3) is 0.250. The van der Waals surface area contributed by atoms with Gasteiger partial charge >= 0.3 is 0 Å². The predicted molar refractivity (Wildman–Crippen MR) is 73.2 cm³/mol. The Bertz CT molecular complexity index is 553. The topological polar surface area (TPSA) is 66.9 Å². The van der Waals surface area contributed by atoms with Crippen LogP contribution in [0, 0.1) is 6.92 Å². The van der Waals surface area contributed by atoms with Gasteiger partial charge in [0.05, 0.1) is 5.56 Å². The Kier molecular flexibility index (Phi) is 3.88. The van der Waals surface area contributed by atoms with E-state index in [-0.39, 0.29) is 5.91 Å². The highest BCUT2D eigenvalue weighted by molar-refractivity contribution is 7.15. The first kappa shape index (κ1) is 12.5. The van der Waals surface area contributed by atoms with Gasteiger partial charge in [-0.15, -0.1) is 10.2 Å². The maximum Gasteiger partial charge on any atom is 0.259 e. The number of aromatic nitrogens is 2. The second-order valence-corrected chi connectivity index (χ2v) is 4.84. The molecule has 1 amide bonds. The SMILES string of the molecule is CCNc1ccccc1C(=O)Nc1nnc(C)s1. The van der Waals surface area contributed by atoms with Gasteiger partial charge in [-0.25, -0.2) is 0 Å². The van der Waals surface area contributed by atoms with Crippen molar-refractivity contribution in [2.24, 2.45) is 0 Å². The van der Waals surface area contributed by atoms with Crippen LogP contribution in [0.4, 0.5) is 10.8 Å². The van der Waals surface area contributed by atoms with Crippen molar-refractivity contribution in [1.82, 2.24) is 10.2 Å². The van der Waals surface area contributed by atoms with Crippen LogP contribution in [0.3, 0.4) is 0 Å². The highest BCUT2D eigenvalue weighted by Gasteiger charge is 2.12. The highest BCUT2D eigenvalue weighted by atomic mass is 32.1. The third-order valence-corrected chi connectivity index (χ3v) is 3.04. The lowest BCUT2D eigenvalue weighted by molar-refractivity contribution is 0.102. The number of nitrogens with one attached hydrogen (secondary N) is 2. The number of carbonyl (C=O) groups is 1. The van der Waals surface area contributed by atoms with E-state index in [1.165, 1.54) is 11.3 Å². The molecule has 0 atom stereocenters. The summed E-state index contributed by atoms with van der Waals surface area (Å²) in [6.45, 7) is 4.60.